The van der Waals surface area contributed by atoms with Crippen molar-refractivity contribution >= 4 is 6.08 Å². The van der Waals surface area contributed by atoms with Gasteiger partial charge in [0.05, 0.1) is 23.7 Å². The smallest absolute Gasteiger partial charge is 0.129 e. The summed E-state index contributed by atoms with van der Waals surface area (Å²) in [6.45, 7) is 2.15. The molecule has 0 aliphatic heterocycles. The van der Waals surface area contributed by atoms with Crippen LogP contribution in [0.5, 0.6) is 0 Å². The summed E-state index contributed by atoms with van der Waals surface area (Å²) < 4.78 is 42.5. The second-order valence-electron chi connectivity index (χ2n) is 8.86. The third kappa shape index (κ3) is 3.39. The Morgan fingerprint density at radius 2 is 1.87 bits per heavy atom. The summed E-state index contributed by atoms with van der Waals surface area (Å²) in [5.74, 6) is -1.57. The van der Waals surface area contributed by atoms with Crippen LogP contribution in [0, 0.1) is 28.8 Å². The quantitative estimate of drug-likeness (QED) is 0.621. The fourth-order valence-electron chi connectivity index (χ4n) is 5.34. The molecule has 0 bridgehead atoms. The standard InChI is InChI=1S/C25H23F3N2O/c1-25-13-16-14-29-30(20-7-5-18(26)6-8-20)23(16)11-17(25)3-9-21(25)24(31)10-15-2-4-19(27)12-22(15)28/h2,4-8,11-12,14,21,24,31H,3,9-10,13H2,1H3/t21?,24-,25-/m0/s1. The van der Waals surface area contributed by atoms with Crippen LogP contribution in [-0.2, 0) is 12.8 Å². The molecule has 1 fully saturated rings. The first-order chi connectivity index (χ1) is 14.8. The van der Waals surface area contributed by atoms with E-state index in [1.165, 1.54) is 29.8 Å². The van der Waals surface area contributed by atoms with Gasteiger partial charge in [-0.1, -0.05) is 18.6 Å². The summed E-state index contributed by atoms with van der Waals surface area (Å²) in [7, 11) is 0. The van der Waals surface area contributed by atoms with E-state index in [9.17, 15) is 18.3 Å². The number of benzene rings is 2. The molecule has 1 unspecified atom stereocenters. The normalized spacial score (nSPS) is 23.3. The van der Waals surface area contributed by atoms with Gasteiger partial charge in [-0.3, -0.25) is 0 Å². The van der Waals surface area contributed by atoms with Gasteiger partial charge in [-0.25, -0.2) is 17.9 Å². The van der Waals surface area contributed by atoms with Crippen LogP contribution in [0.25, 0.3) is 11.8 Å². The molecular formula is C25H23F3N2O. The average Bonchev–Trinajstić information content (AvgIpc) is 3.28. The van der Waals surface area contributed by atoms with Gasteiger partial charge >= 0.3 is 0 Å². The highest BCUT2D eigenvalue weighted by atomic mass is 19.1. The number of rotatable bonds is 4. The van der Waals surface area contributed by atoms with Crippen molar-refractivity contribution in [1.29, 1.82) is 0 Å². The Hall–Kier alpha value is -2.86. The number of aromatic nitrogens is 2. The molecule has 5 rings (SSSR count). The maximum atomic E-state index is 14.1. The molecule has 1 saturated carbocycles. The molecule has 3 atom stereocenters. The first-order valence-corrected chi connectivity index (χ1v) is 10.5. The van der Waals surface area contributed by atoms with E-state index in [2.05, 4.69) is 18.1 Å². The predicted molar refractivity (Wildman–Crippen MR) is 112 cm³/mol. The van der Waals surface area contributed by atoms with E-state index in [-0.39, 0.29) is 23.6 Å². The van der Waals surface area contributed by atoms with E-state index < -0.39 is 17.7 Å². The third-order valence-corrected chi connectivity index (χ3v) is 7.01. The number of fused-ring (bicyclic) bond motifs is 2. The van der Waals surface area contributed by atoms with E-state index in [4.69, 9.17) is 0 Å². The molecule has 0 radical (unpaired) electrons. The van der Waals surface area contributed by atoms with Crippen LogP contribution in [0.2, 0.25) is 0 Å². The molecule has 0 saturated heterocycles. The van der Waals surface area contributed by atoms with Crippen LogP contribution in [-0.4, -0.2) is 21.0 Å². The van der Waals surface area contributed by atoms with Crippen LogP contribution in [0.1, 0.15) is 36.6 Å². The maximum Gasteiger partial charge on any atom is 0.129 e. The molecule has 0 spiro atoms. The second-order valence-corrected chi connectivity index (χ2v) is 8.86. The highest BCUT2D eigenvalue weighted by Crippen LogP contribution is 2.54. The van der Waals surface area contributed by atoms with Crippen molar-refractivity contribution in [3.8, 4) is 5.69 Å². The summed E-state index contributed by atoms with van der Waals surface area (Å²) in [6, 6.07) is 9.73. The fraction of sp³-hybridized carbons (Fsp3) is 0.320. The molecule has 3 nitrogen and oxygen atoms in total. The topological polar surface area (TPSA) is 38.0 Å². The molecule has 160 valence electrons. The first-order valence-electron chi connectivity index (χ1n) is 10.5. The molecule has 2 aromatic carbocycles. The summed E-state index contributed by atoms with van der Waals surface area (Å²) in [6.07, 6.45) is 5.77. The molecule has 2 aliphatic rings. The maximum absolute atomic E-state index is 14.1. The van der Waals surface area contributed by atoms with Gasteiger partial charge in [-0.05, 0) is 78.1 Å². The van der Waals surface area contributed by atoms with E-state index in [0.717, 1.165) is 42.3 Å². The monoisotopic (exact) mass is 424 g/mol. The molecular weight excluding hydrogens is 401 g/mol. The van der Waals surface area contributed by atoms with Gasteiger partial charge in [-0.2, -0.15) is 5.10 Å². The Labute approximate surface area is 178 Å². The number of halogens is 3. The van der Waals surface area contributed by atoms with Gasteiger partial charge in [-0.15, -0.1) is 0 Å². The van der Waals surface area contributed by atoms with Crippen molar-refractivity contribution in [2.45, 2.75) is 38.7 Å². The average molecular weight is 424 g/mol. The minimum absolute atomic E-state index is 0.0366. The Bertz CT molecular complexity index is 1170. The second kappa shape index (κ2) is 7.38. The number of hydrogen-bond acceptors (Lipinski definition) is 2. The zero-order chi connectivity index (χ0) is 21.8. The molecule has 3 aromatic rings. The highest BCUT2D eigenvalue weighted by molar-refractivity contribution is 5.62. The van der Waals surface area contributed by atoms with Gasteiger partial charge in [0.25, 0.3) is 0 Å². The van der Waals surface area contributed by atoms with Gasteiger partial charge < -0.3 is 5.11 Å². The Balaban J connectivity index is 1.42. The van der Waals surface area contributed by atoms with Gasteiger partial charge in [0, 0.05) is 12.5 Å². The third-order valence-electron chi connectivity index (χ3n) is 7.01. The van der Waals surface area contributed by atoms with Crippen molar-refractivity contribution in [3.63, 3.8) is 0 Å². The SMILES string of the molecule is C[C@]12Cc3cnn(-c4ccc(F)cc4)c3C=C1CCC2[C@@H](O)Cc1ccc(F)cc1F. The number of aliphatic hydroxyl groups is 1. The molecule has 2 aliphatic carbocycles. The zero-order valence-corrected chi connectivity index (χ0v) is 17.2. The largest absolute Gasteiger partial charge is 0.392 e. The summed E-state index contributed by atoms with van der Waals surface area (Å²) in [4.78, 5) is 0. The summed E-state index contributed by atoms with van der Waals surface area (Å²) in [5.41, 5.74) is 4.17. The lowest BCUT2D eigenvalue weighted by Gasteiger charge is -2.38. The Kier molecular flexibility index (Phi) is 4.77. The number of nitrogens with zero attached hydrogens (tertiary/aromatic N) is 2. The van der Waals surface area contributed by atoms with Gasteiger partial charge in [0.15, 0.2) is 0 Å². The van der Waals surface area contributed by atoms with Crippen LogP contribution in [0.3, 0.4) is 0 Å². The number of aliphatic hydroxyl groups excluding tert-OH is 1. The number of hydrogen-bond donors (Lipinski definition) is 1. The summed E-state index contributed by atoms with van der Waals surface area (Å²) in [5, 5.41) is 15.5. The van der Waals surface area contributed by atoms with Crippen molar-refractivity contribution in [1.82, 2.24) is 9.78 Å². The lowest BCUT2D eigenvalue weighted by Crippen LogP contribution is -2.37. The van der Waals surface area contributed by atoms with Gasteiger partial charge in [0.2, 0.25) is 0 Å². The van der Waals surface area contributed by atoms with Crippen molar-refractivity contribution in [2.75, 3.05) is 0 Å². The zero-order valence-electron chi connectivity index (χ0n) is 17.2. The first kappa shape index (κ1) is 20.1. The minimum atomic E-state index is -0.732. The molecule has 1 aromatic heterocycles. The van der Waals surface area contributed by atoms with Crippen LogP contribution in [0.15, 0.2) is 54.2 Å². The van der Waals surface area contributed by atoms with E-state index >= 15 is 0 Å². The molecule has 6 heteroatoms. The molecule has 1 N–H and O–H groups in total. The predicted octanol–water partition coefficient (Wildman–Crippen LogP) is 5.25. The lowest BCUT2D eigenvalue weighted by atomic mass is 9.67. The Morgan fingerprint density at radius 3 is 2.61 bits per heavy atom. The van der Waals surface area contributed by atoms with Crippen molar-refractivity contribution in [3.05, 3.63) is 88.5 Å². The summed E-state index contributed by atoms with van der Waals surface area (Å²) >= 11 is 0. The van der Waals surface area contributed by atoms with Crippen LogP contribution in [0.4, 0.5) is 13.2 Å². The van der Waals surface area contributed by atoms with Crippen LogP contribution < -0.4 is 0 Å². The van der Waals surface area contributed by atoms with E-state index in [1.54, 1.807) is 12.1 Å². The van der Waals surface area contributed by atoms with Crippen molar-refractivity contribution < 1.29 is 18.3 Å². The fourth-order valence-corrected chi connectivity index (χ4v) is 5.34. The van der Waals surface area contributed by atoms with Crippen LogP contribution >= 0.6 is 0 Å². The molecule has 0 amide bonds. The lowest BCUT2D eigenvalue weighted by molar-refractivity contribution is 0.0560. The van der Waals surface area contributed by atoms with Gasteiger partial charge in [0.1, 0.15) is 17.5 Å². The van der Waals surface area contributed by atoms with E-state index in [1.807, 2.05) is 10.9 Å². The Morgan fingerprint density at radius 1 is 1.13 bits per heavy atom. The number of allylic oxidation sites excluding steroid dienone is 1. The molecule has 1 heterocycles. The highest BCUT2D eigenvalue weighted by Gasteiger charge is 2.48. The van der Waals surface area contributed by atoms with E-state index in [0.29, 0.717) is 5.56 Å². The molecule has 31 heavy (non-hydrogen) atoms. The van der Waals surface area contributed by atoms with Crippen molar-refractivity contribution in [2.24, 2.45) is 11.3 Å². The minimum Gasteiger partial charge on any atom is -0.392 e.